The lowest BCUT2D eigenvalue weighted by molar-refractivity contribution is -0.115. The Hall–Kier alpha value is -4.70. The Morgan fingerprint density at radius 3 is 2.17 bits per heavy atom. The molecule has 1 unspecified atom stereocenters. The van der Waals surface area contributed by atoms with Crippen LogP contribution >= 0.6 is 0 Å². The van der Waals surface area contributed by atoms with E-state index in [9.17, 15) is 24.6 Å². The quantitative estimate of drug-likeness (QED) is 0.146. The standard InChI is InChI=1S/C31H37N5O5/c1-31(2,3)26(19-37)35-29(39)22-11-14-25(24(17-22)30(40)41)36(16-15-20-7-5-4-6-8-20)18-27(38)34-23-12-9-21(10-13-23)28(32)33/h4-14,17,26,37H,15-16,18-19H2,1-3H3,(H3,32,33)(H,34,38)(H,35,39)(H,40,41). The molecule has 0 aliphatic carbocycles. The summed E-state index contributed by atoms with van der Waals surface area (Å²) in [5, 5.41) is 32.9. The Morgan fingerprint density at radius 1 is 0.976 bits per heavy atom. The van der Waals surface area contributed by atoms with Crippen molar-refractivity contribution in [2.24, 2.45) is 11.1 Å². The number of nitrogen functional groups attached to an aromatic ring is 1. The third kappa shape index (κ3) is 8.64. The fourth-order valence-corrected chi connectivity index (χ4v) is 4.20. The van der Waals surface area contributed by atoms with Crippen LogP contribution in [0.1, 0.15) is 52.6 Å². The third-order valence-electron chi connectivity index (χ3n) is 6.69. The molecule has 3 aromatic carbocycles. The molecule has 0 bridgehead atoms. The predicted molar refractivity (Wildman–Crippen MR) is 160 cm³/mol. The number of carbonyl (C=O) groups is 3. The van der Waals surface area contributed by atoms with Gasteiger partial charge in [-0.25, -0.2) is 4.79 Å². The van der Waals surface area contributed by atoms with Crippen LogP contribution in [0, 0.1) is 10.8 Å². The van der Waals surface area contributed by atoms with Gasteiger partial charge in [0.25, 0.3) is 5.91 Å². The van der Waals surface area contributed by atoms with Crippen LogP contribution < -0.4 is 21.3 Å². The van der Waals surface area contributed by atoms with Crippen molar-refractivity contribution in [3.63, 3.8) is 0 Å². The average molecular weight is 560 g/mol. The van der Waals surface area contributed by atoms with Crippen LogP contribution in [0.3, 0.4) is 0 Å². The van der Waals surface area contributed by atoms with Crippen molar-refractivity contribution in [1.82, 2.24) is 5.32 Å². The molecule has 41 heavy (non-hydrogen) atoms. The number of aliphatic hydroxyl groups excluding tert-OH is 1. The van der Waals surface area contributed by atoms with Gasteiger partial charge in [0.2, 0.25) is 5.91 Å². The highest BCUT2D eigenvalue weighted by atomic mass is 16.4. The summed E-state index contributed by atoms with van der Waals surface area (Å²) < 4.78 is 0. The molecule has 0 heterocycles. The number of amides is 2. The number of aromatic carboxylic acids is 1. The summed E-state index contributed by atoms with van der Waals surface area (Å²) in [6.45, 7) is 5.57. The van der Waals surface area contributed by atoms with Crippen molar-refractivity contribution in [3.8, 4) is 0 Å². The van der Waals surface area contributed by atoms with Gasteiger partial charge in [0.1, 0.15) is 5.84 Å². The van der Waals surface area contributed by atoms with Crippen LogP contribution in [0.15, 0.2) is 72.8 Å². The number of anilines is 2. The highest BCUT2D eigenvalue weighted by Crippen LogP contribution is 2.25. The van der Waals surface area contributed by atoms with Crippen molar-refractivity contribution in [1.29, 1.82) is 5.41 Å². The molecule has 0 aliphatic rings. The van der Waals surface area contributed by atoms with Crippen molar-refractivity contribution < 1.29 is 24.6 Å². The molecule has 0 radical (unpaired) electrons. The number of hydrogen-bond acceptors (Lipinski definition) is 6. The molecular weight excluding hydrogens is 522 g/mol. The summed E-state index contributed by atoms with van der Waals surface area (Å²) in [4.78, 5) is 40.1. The molecule has 10 heteroatoms. The molecule has 0 saturated heterocycles. The number of carbonyl (C=O) groups excluding carboxylic acids is 2. The second-order valence-corrected chi connectivity index (χ2v) is 10.8. The zero-order valence-corrected chi connectivity index (χ0v) is 23.5. The SMILES string of the molecule is CC(C)(C)C(CO)NC(=O)c1ccc(N(CCc2ccccc2)CC(=O)Nc2ccc(C(=N)N)cc2)c(C(=O)O)c1. The number of hydrogen-bond donors (Lipinski definition) is 6. The molecule has 216 valence electrons. The summed E-state index contributed by atoms with van der Waals surface area (Å²) in [6, 6.07) is 19.9. The van der Waals surface area contributed by atoms with Gasteiger partial charge in [0.05, 0.1) is 30.4 Å². The number of rotatable bonds is 12. The highest BCUT2D eigenvalue weighted by molar-refractivity contribution is 6.02. The summed E-state index contributed by atoms with van der Waals surface area (Å²) in [5.41, 5.74) is 7.44. The molecular formula is C31H37N5O5. The number of amidine groups is 1. The third-order valence-corrected chi connectivity index (χ3v) is 6.69. The minimum atomic E-state index is -1.24. The minimum absolute atomic E-state index is 0.0846. The van der Waals surface area contributed by atoms with Crippen molar-refractivity contribution in [3.05, 3.63) is 95.1 Å². The Labute approximate surface area is 239 Å². The molecule has 10 nitrogen and oxygen atoms in total. The lowest BCUT2D eigenvalue weighted by Gasteiger charge is -2.30. The van der Waals surface area contributed by atoms with Gasteiger partial charge in [-0.1, -0.05) is 51.1 Å². The summed E-state index contributed by atoms with van der Waals surface area (Å²) in [7, 11) is 0. The van der Waals surface area contributed by atoms with E-state index in [1.165, 1.54) is 18.2 Å². The fraction of sp³-hybridized carbons (Fsp3) is 0.290. The number of aliphatic hydroxyl groups is 1. The van der Waals surface area contributed by atoms with Gasteiger partial charge in [-0.3, -0.25) is 15.0 Å². The summed E-state index contributed by atoms with van der Waals surface area (Å²) in [6.07, 6.45) is 0.548. The van der Waals surface area contributed by atoms with Gasteiger partial charge in [-0.2, -0.15) is 0 Å². The first-order valence-electron chi connectivity index (χ1n) is 13.2. The Balaban J connectivity index is 1.89. The van der Waals surface area contributed by atoms with Crippen molar-refractivity contribution in [2.45, 2.75) is 33.2 Å². The Bertz CT molecular complexity index is 1380. The summed E-state index contributed by atoms with van der Waals surface area (Å²) >= 11 is 0. The normalized spacial score (nSPS) is 11.8. The van der Waals surface area contributed by atoms with Crippen LogP contribution in [-0.2, 0) is 11.2 Å². The molecule has 3 rings (SSSR count). The number of nitrogens with two attached hydrogens (primary N) is 1. The topological polar surface area (TPSA) is 169 Å². The van der Waals surface area contributed by atoms with Gasteiger partial charge in [-0.15, -0.1) is 0 Å². The van der Waals surface area contributed by atoms with E-state index in [-0.39, 0.29) is 36.0 Å². The first-order chi connectivity index (χ1) is 19.4. The van der Waals surface area contributed by atoms with Crippen LogP contribution in [0.25, 0.3) is 0 Å². The Kier molecular flexibility index (Phi) is 10.2. The molecule has 1 atom stereocenters. The maximum atomic E-state index is 13.1. The van der Waals surface area contributed by atoms with E-state index >= 15 is 0 Å². The molecule has 0 fully saturated rings. The van der Waals surface area contributed by atoms with Gasteiger partial charge >= 0.3 is 5.97 Å². The van der Waals surface area contributed by atoms with Crippen LogP contribution in [-0.4, -0.2) is 59.6 Å². The van der Waals surface area contributed by atoms with E-state index in [1.54, 1.807) is 29.2 Å². The average Bonchev–Trinajstić information content (AvgIpc) is 2.93. The first kappa shape index (κ1) is 30.8. The van der Waals surface area contributed by atoms with Crippen LogP contribution in [0.4, 0.5) is 11.4 Å². The molecule has 2 amide bonds. The number of nitrogens with zero attached hydrogens (tertiary/aromatic N) is 1. The summed E-state index contributed by atoms with van der Waals surface area (Å²) in [5.74, 6) is -2.20. The smallest absolute Gasteiger partial charge is 0.337 e. The second-order valence-electron chi connectivity index (χ2n) is 10.8. The van der Waals surface area contributed by atoms with E-state index in [0.717, 1.165) is 5.56 Å². The fourth-order valence-electron chi connectivity index (χ4n) is 4.20. The second kappa shape index (κ2) is 13.6. The minimum Gasteiger partial charge on any atom is -0.478 e. The number of benzene rings is 3. The molecule has 0 saturated carbocycles. The Morgan fingerprint density at radius 2 is 1.61 bits per heavy atom. The molecule has 0 spiro atoms. The highest BCUT2D eigenvalue weighted by Gasteiger charge is 2.27. The van der Waals surface area contributed by atoms with Crippen LogP contribution in [0.2, 0.25) is 0 Å². The van der Waals surface area contributed by atoms with Crippen LogP contribution in [0.5, 0.6) is 0 Å². The largest absolute Gasteiger partial charge is 0.478 e. The van der Waals surface area contributed by atoms with Gasteiger partial charge in [0, 0.05) is 23.4 Å². The van der Waals surface area contributed by atoms with Crippen molar-refractivity contribution >= 4 is 35.0 Å². The number of nitrogens with one attached hydrogen (secondary N) is 3. The molecule has 3 aromatic rings. The molecule has 7 N–H and O–H groups in total. The van der Waals surface area contributed by atoms with Crippen molar-refractivity contribution in [2.75, 3.05) is 29.9 Å². The van der Waals surface area contributed by atoms with E-state index < -0.39 is 23.3 Å². The molecule has 0 aliphatic heterocycles. The van der Waals surface area contributed by atoms with Gasteiger partial charge in [0.15, 0.2) is 0 Å². The van der Waals surface area contributed by atoms with E-state index in [1.807, 2.05) is 51.1 Å². The zero-order valence-electron chi connectivity index (χ0n) is 23.5. The monoisotopic (exact) mass is 559 g/mol. The maximum Gasteiger partial charge on any atom is 0.337 e. The lowest BCUT2D eigenvalue weighted by atomic mass is 9.87. The van der Waals surface area contributed by atoms with E-state index in [4.69, 9.17) is 11.1 Å². The van der Waals surface area contributed by atoms with E-state index in [0.29, 0.717) is 29.9 Å². The zero-order chi connectivity index (χ0) is 30.2. The number of carboxylic acids is 1. The molecule has 0 aromatic heterocycles. The number of carboxylic acid groups (broad SMARTS) is 1. The van der Waals surface area contributed by atoms with Gasteiger partial charge in [-0.05, 0) is 59.9 Å². The lowest BCUT2D eigenvalue weighted by Crippen LogP contribution is -2.46. The predicted octanol–water partition coefficient (Wildman–Crippen LogP) is 3.49. The van der Waals surface area contributed by atoms with E-state index in [2.05, 4.69) is 10.6 Å². The van der Waals surface area contributed by atoms with Gasteiger partial charge < -0.3 is 31.5 Å². The maximum absolute atomic E-state index is 13.1. The first-order valence-corrected chi connectivity index (χ1v) is 13.2.